The van der Waals surface area contributed by atoms with Gasteiger partial charge in [0.1, 0.15) is 19.6 Å². The predicted octanol–water partition coefficient (Wildman–Crippen LogP) is 3.35. The molecule has 0 aromatic rings. The zero-order valence-electron chi connectivity index (χ0n) is 19.4. The second-order valence-corrected chi connectivity index (χ2v) is 8.98. The first-order valence-corrected chi connectivity index (χ1v) is 12.2. The minimum atomic E-state index is 0. The van der Waals surface area contributed by atoms with E-state index in [9.17, 15) is 0 Å². The van der Waals surface area contributed by atoms with Crippen molar-refractivity contribution in [2.75, 3.05) is 46.5 Å². The summed E-state index contributed by atoms with van der Waals surface area (Å²) in [6.45, 7) is 10.7. The molecule has 0 saturated carbocycles. The predicted molar refractivity (Wildman–Crippen MR) is 117 cm³/mol. The molecule has 170 valence electrons. The maximum atomic E-state index is 6.20. The zero-order valence-corrected chi connectivity index (χ0v) is 20.9. The van der Waals surface area contributed by atoms with Crippen LogP contribution < -0.4 is 17.0 Å². The number of likely N-dealkylation sites (N-methyl/N-ethyl adjacent to an activating group) is 1. The molecule has 1 unspecified atom stereocenters. The summed E-state index contributed by atoms with van der Waals surface area (Å²) >= 11 is 0. The first-order chi connectivity index (χ1) is 13.2. The SMILES string of the molecule is CCCCCCCCCCCCCCC(CC)OCC[N+]1(C)CCOCC1.[Br-]. The summed E-state index contributed by atoms with van der Waals surface area (Å²) < 4.78 is 12.8. The Morgan fingerprint density at radius 1 is 0.786 bits per heavy atom. The molecule has 1 aliphatic heterocycles. The summed E-state index contributed by atoms with van der Waals surface area (Å²) in [6, 6.07) is 0. The third kappa shape index (κ3) is 15.2. The van der Waals surface area contributed by atoms with Crippen molar-refractivity contribution < 1.29 is 30.9 Å². The van der Waals surface area contributed by atoms with Gasteiger partial charge in [0.25, 0.3) is 0 Å². The third-order valence-electron chi connectivity index (χ3n) is 6.37. The number of unbranched alkanes of at least 4 members (excludes halogenated alkanes) is 11. The monoisotopic (exact) mass is 463 g/mol. The first kappa shape index (κ1) is 28.4. The molecule has 3 nitrogen and oxygen atoms in total. The molecule has 1 aliphatic rings. The minimum Gasteiger partial charge on any atom is -1.00 e. The molecule has 1 saturated heterocycles. The Hall–Kier alpha value is 0.360. The van der Waals surface area contributed by atoms with Crippen LogP contribution in [-0.2, 0) is 9.47 Å². The summed E-state index contributed by atoms with van der Waals surface area (Å²) in [4.78, 5) is 0. The van der Waals surface area contributed by atoms with Gasteiger partial charge in [-0.05, 0) is 12.8 Å². The molecule has 1 fully saturated rings. The van der Waals surface area contributed by atoms with Crippen molar-refractivity contribution >= 4 is 0 Å². The molecule has 0 amide bonds. The van der Waals surface area contributed by atoms with Crippen molar-refractivity contribution in [1.82, 2.24) is 0 Å². The summed E-state index contributed by atoms with van der Waals surface area (Å²) in [5.41, 5.74) is 0. The fraction of sp³-hybridized carbons (Fsp3) is 1.00. The van der Waals surface area contributed by atoms with Gasteiger partial charge in [-0.2, -0.15) is 0 Å². The minimum absolute atomic E-state index is 0. The number of hydrogen-bond acceptors (Lipinski definition) is 2. The fourth-order valence-corrected chi connectivity index (χ4v) is 4.07. The lowest BCUT2D eigenvalue weighted by Crippen LogP contribution is -3.00. The largest absolute Gasteiger partial charge is 1.00 e. The Balaban J connectivity index is 0.00000729. The van der Waals surface area contributed by atoms with Gasteiger partial charge in [0.05, 0.1) is 33.0 Å². The number of hydrogen-bond donors (Lipinski definition) is 0. The second-order valence-electron chi connectivity index (χ2n) is 8.98. The van der Waals surface area contributed by atoms with E-state index in [2.05, 4.69) is 20.9 Å². The molecule has 0 N–H and O–H groups in total. The van der Waals surface area contributed by atoms with Crippen LogP contribution in [0.25, 0.3) is 0 Å². The van der Waals surface area contributed by atoms with Gasteiger partial charge in [0.15, 0.2) is 0 Å². The molecule has 1 heterocycles. The molecular formula is C24H50BrNO2. The normalized spacial score (nSPS) is 17.2. The average molecular weight is 465 g/mol. The highest BCUT2D eigenvalue weighted by Crippen LogP contribution is 2.15. The lowest BCUT2D eigenvalue weighted by Gasteiger charge is -2.37. The molecule has 0 aliphatic carbocycles. The lowest BCUT2D eigenvalue weighted by atomic mass is 10.0. The van der Waals surface area contributed by atoms with Crippen LogP contribution in [0, 0.1) is 0 Å². The first-order valence-electron chi connectivity index (χ1n) is 12.2. The number of halogens is 1. The molecule has 0 radical (unpaired) electrons. The average Bonchev–Trinajstić information content (AvgIpc) is 2.68. The van der Waals surface area contributed by atoms with Crippen LogP contribution in [-0.4, -0.2) is 57.1 Å². The van der Waals surface area contributed by atoms with Crippen molar-refractivity contribution in [2.24, 2.45) is 0 Å². The number of quaternary nitrogens is 1. The van der Waals surface area contributed by atoms with Crippen molar-refractivity contribution in [1.29, 1.82) is 0 Å². The Kier molecular flexibility index (Phi) is 19.6. The van der Waals surface area contributed by atoms with Gasteiger partial charge < -0.3 is 30.9 Å². The maximum Gasteiger partial charge on any atom is 0.102 e. The quantitative estimate of drug-likeness (QED) is 0.229. The number of morpholine rings is 1. The molecule has 0 spiro atoms. The van der Waals surface area contributed by atoms with Crippen molar-refractivity contribution in [3.05, 3.63) is 0 Å². The van der Waals surface area contributed by atoms with Gasteiger partial charge in [-0.1, -0.05) is 90.9 Å². The maximum absolute atomic E-state index is 6.20. The third-order valence-corrected chi connectivity index (χ3v) is 6.37. The summed E-state index contributed by atoms with van der Waals surface area (Å²) in [6.07, 6.45) is 20.0. The van der Waals surface area contributed by atoms with E-state index in [4.69, 9.17) is 9.47 Å². The van der Waals surface area contributed by atoms with E-state index >= 15 is 0 Å². The highest BCUT2D eigenvalue weighted by molar-refractivity contribution is 4.57. The highest BCUT2D eigenvalue weighted by Gasteiger charge is 2.25. The second kappa shape index (κ2) is 19.3. The molecule has 4 heteroatoms. The number of ether oxygens (including phenoxy) is 2. The van der Waals surface area contributed by atoms with Gasteiger partial charge in [-0.3, -0.25) is 0 Å². The van der Waals surface area contributed by atoms with Crippen LogP contribution in [0.3, 0.4) is 0 Å². The van der Waals surface area contributed by atoms with E-state index in [1.165, 1.54) is 83.5 Å². The Bertz CT molecular complexity index is 322. The van der Waals surface area contributed by atoms with Gasteiger partial charge in [-0.15, -0.1) is 0 Å². The Morgan fingerprint density at radius 3 is 1.79 bits per heavy atom. The van der Waals surface area contributed by atoms with Gasteiger partial charge >= 0.3 is 0 Å². The van der Waals surface area contributed by atoms with E-state index in [1.807, 2.05) is 0 Å². The van der Waals surface area contributed by atoms with E-state index < -0.39 is 0 Å². The van der Waals surface area contributed by atoms with E-state index in [0.29, 0.717) is 6.10 Å². The van der Waals surface area contributed by atoms with Gasteiger partial charge in [-0.25, -0.2) is 0 Å². The molecular weight excluding hydrogens is 414 g/mol. The molecule has 0 bridgehead atoms. The summed E-state index contributed by atoms with van der Waals surface area (Å²) in [5, 5.41) is 0. The van der Waals surface area contributed by atoms with Crippen LogP contribution in [0.4, 0.5) is 0 Å². The number of rotatable bonds is 18. The Labute approximate surface area is 187 Å². The van der Waals surface area contributed by atoms with E-state index in [0.717, 1.165) is 50.4 Å². The van der Waals surface area contributed by atoms with Crippen molar-refractivity contribution in [3.8, 4) is 0 Å². The fourth-order valence-electron chi connectivity index (χ4n) is 4.07. The van der Waals surface area contributed by atoms with E-state index in [-0.39, 0.29) is 17.0 Å². The van der Waals surface area contributed by atoms with Gasteiger partial charge in [0, 0.05) is 0 Å². The zero-order chi connectivity index (χ0) is 19.6. The molecule has 0 aromatic heterocycles. The summed E-state index contributed by atoms with van der Waals surface area (Å²) in [5.74, 6) is 0. The Morgan fingerprint density at radius 2 is 1.29 bits per heavy atom. The van der Waals surface area contributed by atoms with E-state index in [1.54, 1.807) is 0 Å². The van der Waals surface area contributed by atoms with Crippen molar-refractivity contribution in [2.45, 2.75) is 110 Å². The standard InChI is InChI=1S/C24H50NO2.BrH/c1-4-6-7-8-9-10-11-12-13-14-15-16-17-24(5-2)27-23-20-25(3)18-21-26-22-19-25;/h24H,4-23H2,1-3H3;1H/q+1;/p-1. The number of nitrogens with zero attached hydrogens (tertiary/aromatic N) is 1. The topological polar surface area (TPSA) is 18.5 Å². The molecule has 0 aromatic carbocycles. The lowest BCUT2D eigenvalue weighted by molar-refractivity contribution is -0.917. The van der Waals surface area contributed by atoms with Crippen LogP contribution >= 0.6 is 0 Å². The summed E-state index contributed by atoms with van der Waals surface area (Å²) in [7, 11) is 2.35. The van der Waals surface area contributed by atoms with Crippen molar-refractivity contribution in [3.63, 3.8) is 0 Å². The van der Waals surface area contributed by atoms with Gasteiger partial charge in [0.2, 0.25) is 0 Å². The van der Waals surface area contributed by atoms with Crippen LogP contribution in [0.15, 0.2) is 0 Å². The van der Waals surface area contributed by atoms with Crippen LogP contribution in [0.2, 0.25) is 0 Å². The highest BCUT2D eigenvalue weighted by atomic mass is 79.9. The van der Waals surface area contributed by atoms with Crippen LogP contribution in [0.5, 0.6) is 0 Å². The van der Waals surface area contributed by atoms with Crippen LogP contribution in [0.1, 0.15) is 104 Å². The molecule has 1 rings (SSSR count). The smallest absolute Gasteiger partial charge is 0.102 e. The molecule has 28 heavy (non-hydrogen) atoms. The molecule has 1 atom stereocenters.